The predicted molar refractivity (Wildman–Crippen MR) is 121 cm³/mol. The van der Waals surface area contributed by atoms with Crippen LogP contribution in [0, 0.1) is 0 Å². The summed E-state index contributed by atoms with van der Waals surface area (Å²) >= 11 is 5.92. The first kappa shape index (κ1) is 23.7. The third-order valence-corrected chi connectivity index (χ3v) is 9.11. The molecule has 2 atom stereocenters. The number of hydrogen-bond acceptors (Lipinski definition) is 5. The fourth-order valence-corrected chi connectivity index (χ4v) is 7.02. The first-order chi connectivity index (χ1) is 14.4. The molecule has 1 N–H and O–H groups in total. The van der Waals surface area contributed by atoms with Gasteiger partial charge in [0, 0.05) is 29.6 Å². The lowest BCUT2D eigenvalue weighted by molar-refractivity contribution is 0.102. The molecule has 2 aromatic rings. The lowest BCUT2D eigenvalue weighted by Crippen LogP contribution is -2.47. The molecule has 7 nitrogen and oxygen atoms in total. The molecule has 1 fully saturated rings. The molecule has 1 saturated heterocycles. The third-order valence-electron chi connectivity index (χ3n) is 5.39. The van der Waals surface area contributed by atoms with Crippen molar-refractivity contribution in [1.82, 2.24) is 4.31 Å². The number of anilines is 1. The molecule has 1 aliphatic heterocycles. The summed E-state index contributed by atoms with van der Waals surface area (Å²) in [5.74, 6) is -0.532. The van der Waals surface area contributed by atoms with Crippen LogP contribution in [0.25, 0.3) is 0 Å². The molecule has 0 aliphatic carbocycles. The number of benzene rings is 2. The predicted octanol–water partition coefficient (Wildman–Crippen LogP) is 3.95. The number of nitrogens with zero attached hydrogens (tertiary/aromatic N) is 1. The first-order valence-corrected chi connectivity index (χ1v) is 13.6. The molecule has 3 rings (SSSR count). The number of rotatable bonds is 5. The molecular weight excluding hydrogens is 460 g/mol. The highest BCUT2D eigenvalue weighted by molar-refractivity contribution is 7.90. The lowest BCUT2D eigenvalue weighted by atomic mass is 10.0. The van der Waals surface area contributed by atoms with Crippen LogP contribution in [0.1, 0.15) is 43.5 Å². The maximum Gasteiger partial charge on any atom is 0.255 e. The molecule has 0 bridgehead atoms. The highest BCUT2D eigenvalue weighted by Crippen LogP contribution is 2.30. The van der Waals surface area contributed by atoms with Crippen molar-refractivity contribution in [2.24, 2.45) is 0 Å². The van der Waals surface area contributed by atoms with Gasteiger partial charge in [0.2, 0.25) is 10.0 Å². The molecule has 10 heteroatoms. The fourth-order valence-electron chi connectivity index (χ4n) is 3.84. The maximum absolute atomic E-state index is 13.1. The first-order valence-electron chi connectivity index (χ1n) is 9.86. The Hall–Kier alpha value is -1.94. The van der Waals surface area contributed by atoms with Crippen LogP contribution in [-0.2, 0) is 19.9 Å². The van der Waals surface area contributed by atoms with Crippen molar-refractivity contribution in [3.63, 3.8) is 0 Å². The number of hydrogen-bond donors (Lipinski definition) is 1. The van der Waals surface area contributed by atoms with E-state index in [1.165, 1.54) is 42.5 Å². The average Bonchev–Trinajstić information content (AvgIpc) is 2.67. The summed E-state index contributed by atoms with van der Waals surface area (Å²) in [7, 11) is -7.23. The topological polar surface area (TPSA) is 101 Å². The van der Waals surface area contributed by atoms with Gasteiger partial charge < -0.3 is 5.32 Å². The Kier molecular flexibility index (Phi) is 6.81. The Balaban J connectivity index is 1.80. The van der Waals surface area contributed by atoms with Crippen LogP contribution in [0.4, 0.5) is 5.69 Å². The zero-order valence-corrected chi connectivity index (χ0v) is 19.9. The van der Waals surface area contributed by atoms with Crippen LogP contribution < -0.4 is 5.32 Å². The Labute approximate surface area is 188 Å². The normalized spacial score (nSPS) is 20.4. The highest BCUT2D eigenvalue weighted by atomic mass is 35.5. The highest BCUT2D eigenvalue weighted by Gasteiger charge is 2.35. The standard InChI is InChI=1S/C21H25ClN2O5S2/c1-14-5-4-6-15(2)24(14)31(28,29)18-10-8-17(9-11-18)23-21(25)16-7-12-19(22)20(13-16)30(3,26)27/h7-15H,4-6H2,1-3H3,(H,23,25). The minimum atomic E-state index is -3.65. The molecule has 0 saturated carbocycles. The maximum atomic E-state index is 13.1. The van der Waals surface area contributed by atoms with Gasteiger partial charge in [-0.2, -0.15) is 4.31 Å². The number of carbonyl (C=O) groups excluding carboxylic acids is 1. The SMILES string of the molecule is CC1CCCC(C)N1S(=O)(=O)c1ccc(NC(=O)c2ccc(Cl)c(S(C)(=O)=O)c2)cc1. The van der Waals surface area contributed by atoms with Gasteiger partial charge in [0.1, 0.15) is 0 Å². The zero-order valence-electron chi connectivity index (χ0n) is 17.5. The van der Waals surface area contributed by atoms with Gasteiger partial charge >= 0.3 is 0 Å². The van der Waals surface area contributed by atoms with E-state index in [1.807, 2.05) is 13.8 Å². The smallest absolute Gasteiger partial charge is 0.255 e. The molecule has 31 heavy (non-hydrogen) atoms. The van der Waals surface area contributed by atoms with Crippen LogP contribution in [0.15, 0.2) is 52.3 Å². The molecule has 1 aliphatic rings. The molecule has 1 heterocycles. The van der Waals surface area contributed by atoms with E-state index in [4.69, 9.17) is 11.6 Å². The number of piperidine rings is 1. The molecule has 168 valence electrons. The van der Waals surface area contributed by atoms with Crippen LogP contribution in [0.5, 0.6) is 0 Å². The van der Waals surface area contributed by atoms with Gasteiger partial charge in [-0.15, -0.1) is 0 Å². The quantitative estimate of drug-likeness (QED) is 0.692. The second kappa shape index (κ2) is 8.90. The minimum Gasteiger partial charge on any atom is -0.322 e. The van der Waals surface area contributed by atoms with E-state index < -0.39 is 25.8 Å². The van der Waals surface area contributed by atoms with Gasteiger partial charge in [0.25, 0.3) is 5.91 Å². The van der Waals surface area contributed by atoms with Crippen molar-refractivity contribution < 1.29 is 21.6 Å². The second-order valence-electron chi connectivity index (χ2n) is 7.86. The summed E-state index contributed by atoms with van der Waals surface area (Å²) < 4.78 is 51.4. The minimum absolute atomic E-state index is 0.0368. The second-order valence-corrected chi connectivity index (χ2v) is 12.1. The van der Waals surface area contributed by atoms with E-state index in [-0.39, 0.29) is 32.5 Å². The van der Waals surface area contributed by atoms with Gasteiger partial charge in [-0.1, -0.05) is 18.0 Å². The Morgan fingerprint density at radius 3 is 2.13 bits per heavy atom. The largest absolute Gasteiger partial charge is 0.322 e. The summed E-state index contributed by atoms with van der Waals surface area (Å²) in [5, 5.41) is 2.68. The number of nitrogens with one attached hydrogen (secondary N) is 1. The van der Waals surface area contributed by atoms with Crippen LogP contribution in [-0.4, -0.2) is 45.4 Å². The van der Waals surface area contributed by atoms with Crippen molar-refractivity contribution in [3.05, 3.63) is 53.1 Å². The Morgan fingerprint density at radius 1 is 1.00 bits per heavy atom. The van der Waals surface area contributed by atoms with E-state index in [9.17, 15) is 21.6 Å². The van der Waals surface area contributed by atoms with Crippen LogP contribution in [0.2, 0.25) is 5.02 Å². The van der Waals surface area contributed by atoms with E-state index in [0.717, 1.165) is 25.5 Å². The molecule has 2 aromatic carbocycles. The lowest BCUT2D eigenvalue weighted by Gasteiger charge is -2.37. The third kappa shape index (κ3) is 5.11. The molecule has 0 spiro atoms. The molecule has 2 unspecified atom stereocenters. The Bertz CT molecular complexity index is 1180. The van der Waals surface area contributed by atoms with Crippen molar-refractivity contribution in [3.8, 4) is 0 Å². The number of sulfone groups is 1. The number of sulfonamides is 1. The number of amides is 1. The summed E-state index contributed by atoms with van der Waals surface area (Å²) in [6.07, 6.45) is 3.67. The molecule has 1 amide bonds. The van der Waals surface area contributed by atoms with Crippen molar-refractivity contribution in [2.45, 2.75) is 55.0 Å². The Morgan fingerprint density at radius 2 is 1.58 bits per heavy atom. The van der Waals surface area contributed by atoms with Gasteiger partial charge in [-0.25, -0.2) is 16.8 Å². The summed E-state index contributed by atoms with van der Waals surface area (Å²) in [6.45, 7) is 3.83. The monoisotopic (exact) mass is 484 g/mol. The summed E-state index contributed by atoms with van der Waals surface area (Å²) in [6, 6.07) is 9.79. The van der Waals surface area contributed by atoms with E-state index in [0.29, 0.717) is 5.69 Å². The average molecular weight is 485 g/mol. The molecule has 0 aromatic heterocycles. The summed E-state index contributed by atoms with van der Waals surface area (Å²) in [4.78, 5) is 12.6. The number of carbonyl (C=O) groups is 1. The van der Waals surface area contributed by atoms with Gasteiger partial charge in [0.05, 0.1) is 14.8 Å². The fraction of sp³-hybridized carbons (Fsp3) is 0.381. The van der Waals surface area contributed by atoms with Crippen LogP contribution in [0.3, 0.4) is 0 Å². The molecule has 0 radical (unpaired) electrons. The van der Waals surface area contributed by atoms with Gasteiger partial charge in [0.15, 0.2) is 9.84 Å². The van der Waals surface area contributed by atoms with Crippen molar-refractivity contribution in [1.29, 1.82) is 0 Å². The van der Waals surface area contributed by atoms with E-state index in [2.05, 4.69) is 5.32 Å². The van der Waals surface area contributed by atoms with Gasteiger partial charge in [-0.05, 0) is 69.2 Å². The zero-order chi connectivity index (χ0) is 23.0. The van der Waals surface area contributed by atoms with Crippen molar-refractivity contribution >= 4 is 43.1 Å². The van der Waals surface area contributed by atoms with E-state index in [1.54, 1.807) is 4.31 Å². The molecular formula is C21H25ClN2O5S2. The summed E-state index contributed by atoms with van der Waals surface area (Å²) in [5.41, 5.74) is 0.511. The van der Waals surface area contributed by atoms with Crippen molar-refractivity contribution in [2.75, 3.05) is 11.6 Å². The van der Waals surface area contributed by atoms with Gasteiger partial charge in [-0.3, -0.25) is 4.79 Å². The number of halogens is 1. The van der Waals surface area contributed by atoms with Crippen LogP contribution >= 0.6 is 11.6 Å². The van der Waals surface area contributed by atoms with E-state index >= 15 is 0 Å².